The maximum atomic E-state index is 11.3. The third kappa shape index (κ3) is 3.02. The fraction of sp³-hybridized carbons (Fsp3) is 0.455. The Labute approximate surface area is 121 Å². The van der Waals surface area contributed by atoms with E-state index in [0.717, 1.165) is 0 Å². The van der Waals surface area contributed by atoms with E-state index in [2.05, 4.69) is 10.4 Å². The molecular weight excluding hydrogens is 289 g/mol. The molecule has 1 fully saturated rings. The highest BCUT2D eigenvalue weighted by atomic mass is 35.5. The van der Waals surface area contributed by atoms with Crippen LogP contribution in [-0.2, 0) is 4.79 Å². The van der Waals surface area contributed by atoms with E-state index >= 15 is 0 Å². The van der Waals surface area contributed by atoms with Crippen molar-refractivity contribution in [3.05, 3.63) is 16.1 Å². The molecule has 1 aliphatic heterocycles. The SMILES string of the molecule is CC(=O)N1CCN(c2nc(NN)c(Cl)cc2Cl)CC1. The number of nitrogens with zero attached hydrogens (tertiary/aromatic N) is 3. The highest BCUT2D eigenvalue weighted by Crippen LogP contribution is 2.31. The first-order valence-electron chi connectivity index (χ1n) is 5.86. The number of hydrogen-bond donors (Lipinski definition) is 2. The van der Waals surface area contributed by atoms with Crippen LogP contribution in [0.5, 0.6) is 0 Å². The van der Waals surface area contributed by atoms with E-state index in [1.807, 2.05) is 4.90 Å². The van der Waals surface area contributed by atoms with Crippen molar-refractivity contribution in [1.82, 2.24) is 9.88 Å². The number of rotatable bonds is 2. The molecule has 1 aliphatic rings. The van der Waals surface area contributed by atoms with Crippen LogP contribution in [0, 0.1) is 0 Å². The van der Waals surface area contributed by atoms with Gasteiger partial charge in [0.1, 0.15) is 5.82 Å². The molecule has 8 heteroatoms. The number of nitrogen functional groups attached to an aromatic ring is 1. The lowest BCUT2D eigenvalue weighted by Crippen LogP contribution is -2.48. The zero-order valence-corrected chi connectivity index (χ0v) is 12.0. The Morgan fingerprint density at radius 3 is 2.47 bits per heavy atom. The summed E-state index contributed by atoms with van der Waals surface area (Å²) in [4.78, 5) is 19.4. The van der Waals surface area contributed by atoms with Crippen molar-refractivity contribution in [1.29, 1.82) is 0 Å². The maximum Gasteiger partial charge on any atom is 0.219 e. The van der Waals surface area contributed by atoms with Gasteiger partial charge in [0.15, 0.2) is 5.82 Å². The average Bonchev–Trinajstić information content (AvgIpc) is 2.39. The molecule has 1 aromatic heterocycles. The lowest BCUT2D eigenvalue weighted by Gasteiger charge is -2.35. The van der Waals surface area contributed by atoms with Crippen molar-refractivity contribution in [3.63, 3.8) is 0 Å². The Balaban J connectivity index is 2.17. The van der Waals surface area contributed by atoms with E-state index in [4.69, 9.17) is 29.0 Å². The summed E-state index contributed by atoms with van der Waals surface area (Å²) in [5.74, 6) is 6.44. The molecule has 0 aromatic carbocycles. The van der Waals surface area contributed by atoms with Crippen molar-refractivity contribution in [2.24, 2.45) is 5.84 Å². The molecule has 0 aliphatic carbocycles. The lowest BCUT2D eigenvalue weighted by molar-refractivity contribution is -0.129. The van der Waals surface area contributed by atoms with E-state index < -0.39 is 0 Å². The summed E-state index contributed by atoms with van der Waals surface area (Å²) in [7, 11) is 0. The van der Waals surface area contributed by atoms with Gasteiger partial charge in [0, 0.05) is 33.1 Å². The standard InChI is InChI=1S/C11H15Cl2N5O/c1-7(19)17-2-4-18(5-3-17)11-9(13)6-8(12)10(15-11)16-14/h6H,2-5,14H2,1H3,(H,15,16). The second kappa shape index (κ2) is 5.81. The third-order valence-electron chi connectivity index (χ3n) is 3.07. The van der Waals surface area contributed by atoms with E-state index in [-0.39, 0.29) is 5.91 Å². The molecule has 0 unspecified atom stereocenters. The number of hydrazine groups is 1. The van der Waals surface area contributed by atoms with Gasteiger partial charge < -0.3 is 15.2 Å². The maximum absolute atomic E-state index is 11.3. The Kier molecular flexibility index (Phi) is 4.34. The number of hydrogen-bond acceptors (Lipinski definition) is 5. The normalized spacial score (nSPS) is 15.6. The molecule has 0 radical (unpaired) electrons. The van der Waals surface area contributed by atoms with Crippen LogP contribution >= 0.6 is 23.2 Å². The molecule has 1 amide bonds. The van der Waals surface area contributed by atoms with Gasteiger partial charge in [0.05, 0.1) is 10.0 Å². The average molecular weight is 304 g/mol. The van der Waals surface area contributed by atoms with Crippen LogP contribution in [0.3, 0.4) is 0 Å². The van der Waals surface area contributed by atoms with Crippen LogP contribution in [-0.4, -0.2) is 42.0 Å². The molecule has 1 aromatic rings. The van der Waals surface area contributed by atoms with Gasteiger partial charge >= 0.3 is 0 Å². The van der Waals surface area contributed by atoms with Crippen molar-refractivity contribution < 1.29 is 4.79 Å². The number of nitrogens with two attached hydrogens (primary N) is 1. The summed E-state index contributed by atoms with van der Waals surface area (Å²) in [6.45, 7) is 4.23. The zero-order chi connectivity index (χ0) is 14.0. The monoisotopic (exact) mass is 303 g/mol. The van der Waals surface area contributed by atoms with Crippen LogP contribution in [0.2, 0.25) is 10.0 Å². The van der Waals surface area contributed by atoms with Gasteiger partial charge in [-0.25, -0.2) is 10.8 Å². The summed E-state index contributed by atoms with van der Waals surface area (Å²) >= 11 is 12.1. The van der Waals surface area contributed by atoms with E-state index in [1.54, 1.807) is 17.9 Å². The number of pyridine rings is 1. The van der Waals surface area contributed by atoms with E-state index in [9.17, 15) is 4.79 Å². The minimum absolute atomic E-state index is 0.0825. The number of aromatic nitrogens is 1. The molecule has 0 saturated carbocycles. The highest BCUT2D eigenvalue weighted by molar-refractivity contribution is 6.37. The number of amides is 1. The number of halogens is 2. The second-order valence-electron chi connectivity index (χ2n) is 4.26. The summed E-state index contributed by atoms with van der Waals surface area (Å²) in [6.07, 6.45) is 0. The Hall–Kier alpha value is -1.24. The van der Waals surface area contributed by atoms with Crippen molar-refractivity contribution >= 4 is 40.7 Å². The van der Waals surface area contributed by atoms with Gasteiger partial charge in [0.25, 0.3) is 0 Å². The van der Waals surface area contributed by atoms with Crippen molar-refractivity contribution in [2.45, 2.75) is 6.92 Å². The highest BCUT2D eigenvalue weighted by Gasteiger charge is 2.22. The first kappa shape index (κ1) is 14.2. The number of carbonyl (C=O) groups excluding carboxylic acids is 1. The Morgan fingerprint density at radius 2 is 1.95 bits per heavy atom. The van der Waals surface area contributed by atoms with Gasteiger partial charge in [-0.2, -0.15) is 0 Å². The summed E-state index contributed by atoms with van der Waals surface area (Å²) < 4.78 is 0. The molecule has 3 N–H and O–H groups in total. The van der Waals surface area contributed by atoms with Crippen LogP contribution in [0.4, 0.5) is 11.6 Å². The van der Waals surface area contributed by atoms with E-state index in [0.29, 0.717) is 47.9 Å². The molecule has 6 nitrogen and oxygen atoms in total. The quantitative estimate of drug-likeness (QED) is 0.637. The summed E-state index contributed by atoms with van der Waals surface area (Å²) in [5.41, 5.74) is 2.44. The topological polar surface area (TPSA) is 74.5 Å². The van der Waals surface area contributed by atoms with Crippen molar-refractivity contribution in [3.8, 4) is 0 Å². The Bertz CT molecular complexity index is 488. The molecule has 104 valence electrons. The lowest BCUT2D eigenvalue weighted by atomic mass is 10.3. The van der Waals surface area contributed by atoms with Gasteiger partial charge in [0.2, 0.25) is 5.91 Å². The van der Waals surface area contributed by atoms with Crippen molar-refractivity contribution in [2.75, 3.05) is 36.5 Å². The van der Waals surface area contributed by atoms with Gasteiger partial charge in [-0.3, -0.25) is 4.79 Å². The zero-order valence-electron chi connectivity index (χ0n) is 10.5. The number of nitrogens with one attached hydrogen (secondary N) is 1. The minimum Gasteiger partial charge on any atom is -0.352 e. The molecule has 0 spiro atoms. The Morgan fingerprint density at radius 1 is 1.32 bits per heavy atom. The number of carbonyl (C=O) groups is 1. The fourth-order valence-electron chi connectivity index (χ4n) is 2.01. The summed E-state index contributed by atoms with van der Waals surface area (Å²) in [5, 5.41) is 0.846. The van der Waals surface area contributed by atoms with Crippen LogP contribution in [0.1, 0.15) is 6.92 Å². The molecule has 0 atom stereocenters. The molecule has 19 heavy (non-hydrogen) atoms. The smallest absolute Gasteiger partial charge is 0.219 e. The molecule has 2 rings (SSSR count). The second-order valence-corrected chi connectivity index (χ2v) is 5.08. The molecule has 2 heterocycles. The predicted molar refractivity (Wildman–Crippen MR) is 76.5 cm³/mol. The largest absolute Gasteiger partial charge is 0.352 e. The molecule has 0 bridgehead atoms. The fourth-order valence-corrected chi connectivity index (χ4v) is 2.55. The van der Waals surface area contributed by atoms with Gasteiger partial charge in [-0.15, -0.1) is 0 Å². The third-order valence-corrected chi connectivity index (χ3v) is 3.64. The number of piperazine rings is 1. The summed E-state index contributed by atoms with van der Waals surface area (Å²) in [6, 6.07) is 1.61. The van der Waals surface area contributed by atoms with Crippen LogP contribution < -0.4 is 16.2 Å². The predicted octanol–water partition coefficient (Wildman–Crippen LogP) is 1.34. The van der Waals surface area contributed by atoms with Gasteiger partial charge in [-0.1, -0.05) is 23.2 Å². The minimum atomic E-state index is 0.0825. The van der Waals surface area contributed by atoms with Crippen LogP contribution in [0.25, 0.3) is 0 Å². The molecular formula is C11H15Cl2N5O. The molecule has 1 saturated heterocycles. The van der Waals surface area contributed by atoms with Crippen LogP contribution in [0.15, 0.2) is 6.07 Å². The first-order valence-corrected chi connectivity index (χ1v) is 6.61. The van der Waals surface area contributed by atoms with E-state index in [1.165, 1.54) is 0 Å². The van der Waals surface area contributed by atoms with Gasteiger partial charge in [-0.05, 0) is 6.07 Å². The first-order chi connectivity index (χ1) is 9.02. The number of anilines is 2.